The van der Waals surface area contributed by atoms with E-state index in [0.717, 1.165) is 23.3 Å². The molecule has 5 unspecified atom stereocenters. The van der Waals surface area contributed by atoms with E-state index in [0.29, 0.717) is 5.92 Å². The summed E-state index contributed by atoms with van der Waals surface area (Å²) in [6, 6.07) is 18.6. The van der Waals surface area contributed by atoms with Gasteiger partial charge in [-0.2, -0.15) is 0 Å². The summed E-state index contributed by atoms with van der Waals surface area (Å²) in [5.74, 6) is 3.28. The molecule has 0 aromatic heterocycles. The highest BCUT2D eigenvalue weighted by atomic mass is 28.3. The Morgan fingerprint density at radius 2 is 1.75 bits per heavy atom. The van der Waals surface area contributed by atoms with E-state index in [1.807, 2.05) is 0 Å². The fourth-order valence-corrected chi connectivity index (χ4v) is 15.8. The van der Waals surface area contributed by atoms with Crippen LogP contribution < -0.4 is 0 Å². The average molecular weight is 443 g/mol. The highest BCUT2D eigenvalue weighted by Crippen LogP contribution is 2.61. The summed E-state index contributed by atoms with van der Waals surface area (Å²) in [5, 5.41) is 2.88. The Balaban J connectivity index is 1.53. The Morgan fingerprint density at radius 3 is 2.50 bits per heavy atom. The summed E-state index contributed by atoms with van der Waals surface area (Å²) in [4.78, 5) is 0. The van der Waals surface area contributed by atoms with Crippen LogP contribution in [-0.4, -0.2) is 8.07 Å². The zero-order valence-electron chi connectivity index (χ0n) is 20.7. The molecule has 0 amide bonds. The molecule has 5 rings (SSSR count). The predicted octanol–water partition coefficient (Wildman–Crippen LogP) is 9.42. The van der Waals surface area contributed by atoms with Gasteiger partial charge < -0.3 is 0 Å². The molecule has 1 heterocycles. The van der Waals surface area contributed by atoms with Gasteiger partial charge in [-0.05, 0) is 70.0 Å². The maximum absolute atomic E-state index is 2.65. The van der Waals surface area contributed by atoms with Crippen LogP contribution in [0.4, 0.5) is 0 Å². The van der Waals surface area contributed by atoms with Crippen LogP contribution in [0, 0.1) is 30.6 Å². The summed E-state index contributed by atoms with van der Waals surface area (Å²) in [6.45, 7) is 9.84. The lowest BCUT2D eigenvalue weighted by Gasteiger charge is -2.46. The highest BCUT2D eigenvalue weighted by Gasteiger charge is 2.53. The second kappa shape index (κ2) is 8.97. The summed E-state index contributed by atoms with van der Waals surface area (Å²) in [5.41, 5.74) is 5.51. The molecule has 2 aromatic carbocycles. The lowest BCUT2D eigenvalue weighted by Crippen LogP contribution is -2.46. The minimum Gasteiger partial charge on any atom is -0.0808 e. The molecule has 1 aliphatic heterocycles. The fraction of sp³-hybridized carbons (Fsp3) is 0.548. The average Bonchev–Trinajstić information content (AvgIpc) is 3.17. The molecule has 0 spiro atoms. The van der Waals surface area contributed by atoms with Crippen LogP contribution in [-0.2, 0) is 0 Å². The number of aryl methyl sites for hydroxylation is 1. The Hall–Kier alpha value is -1.60. The molecule has 1 saturated carbocycles. The lowest BCUT2D eigenvalue weighted by molar-refractivity contribution is 0.508. The van der Waals surface area contributed by atoms with Crippen molar-refractivity contribution >= 4 is 24.4 Å². The van der Waals surface area contributed by atoms with Crippen molar-refractivity contribution in [1.82, 2.24) is 0 Å². The molecular weight excluding hydrogens is 400 g/mol. The third-order valence-electron chi connectivity index (χ3n) is 9.59. The van der Waals surface area contributed by atoms with Crippen molar-refractivity contribution in [1.29, 1.82) is 0 Å². The van der Waals surface area contributed by atoms with Gasteiger partial charge in [-0.15, -0.1) is 0 Å². The van der Waals surface area contributed by atoms with Gasteiger partial charge in [0.15, 0.2) is 0 Å². The van der Waals surface area contributed by atoms with Crippen molar-refractivity contribution in [2.45, 2.75) is 83.5 Å². The molecule has 0 N–H and O–H groups in total. The van der Waals surface area contributed by atoms with E-state index >= 15 is 0 Å². The SMILES string of the molecule is CCC(C)C[Si]1(C2C(C)CC3C(c4ccc(C)c5ccccc45)=CC=CC32)CCCCC1. The third-order valence-corrected chi connectivity index (χ3v) is 16.2. The highest BCUT2D eigenvalue weighted by molar-refractivity contribution is 6.81. The van der Waals surface area contributed by atoms with E-state index in [9.17, 15) is 0 Å². The number of benzene rings is 2. The molecule has 0 radical (unpaired) electrons. The van der Waals surface area contributed by atoms with E-state index < -0.39 is 8.07 Å². The van der Waals surface area contributed by atoms with Gasteiger partial charge in [0.2, 0.25) is 0 Å². The number of allylic oxidation sites excluding steroid dienone is 4. The van der Waals surface area contributed by atoms with Crippen molar-refractivity contribution in [3.63, 3.8) is 0 Å². The minimum absolute atomic E-state index is 0.717. The van der Waals surface area contributed by atoms with Gasteiger partial charge in [-0.3, -0.25) is 0 Å². The first-order valence-electron chi connectivity index (χ1n) is 13.4. The summed E-state index contributed by atoms with van der Waals surface area (Å²) < 4.78 is 0. The van der Waals surface area contributed by atoms with Gasteiger partial charge in [0.05, 0.1) is 8.07 Å². The van der Waals surface area contributed by atoms with Crippen molar-refractivity contribution in [3.8, 4) is 0 Å². The van der Waals surface area contributed by atoms with Gasteiger partial charge in [-0.1, -0.05) is 119 Å². The molecule has 5 atom stereocenters. The van der Waals surface area contributed by atoms with Gasteiger partial charge >= 0.3 is 0 Å². The molecule has 0 bridgehead atoms. The molecule has 3 aliphatic rings. The summed E-state index contributed by atoms with van der Waals surface area (Å²) >= 11 is 0. The fourth-order valence-electron chi connectivity index (χ4n) is 8.10. The smallest absolute Gasteiger partial charge is 0.0578 e. The van der Waals surface area contributed by atoms with Gasteiger partial charge in [0, 0.05) is 0 Å². The zero-order valence-corrected chi connectivity index (χ0v) is 21.7. The van der Waals surface area contributed by atoms with Crippen LogP contribution in [0.3, 0.4) is 0 Å². The summed E-state index contributed by atoms with van der Waals surface area (Å²) in [7, 11) is -1.28. The van der Waals surface area contributed by atoms with Crippen molar-refractivity contribution in [3.05, 3.63) is 65.8 Å². The van der Waals surface area contributed by atoms with Crippen molar-refractivity contribution < 1.29 is 0 Å². The standard InChI is InChI=1S/C31H42Si/c1-5-22(2)21-32(18-9-6-10-19-32)31-24(4)20-30-27(14-11-15-29(30)31)28-17-16-23(3)25-12-7-8-13-26(25)28/h7-8,11-17,22,24,29-31H,5-6,9-10,18-21H2,1-4H3. The second-order valence-corrected chi connectivity index (χ2v) is 16.3. The predicted molar refractivity (Wildman–Crippen MR) is 144 cm³/mol. The van der Waals surface area contributed by atoms with Gasteiger partial charge in [0.25, 0.3) is 0 Å². The van der Waals surface area contributed by atoms with Crippen LogP contribution >= 0.6 is 0 Å². The van der Waals surface area contributed by atoms with Gasteiger partial charge in [-0.25, -0.2) is 0 Å². The van der Waals surface area contributed by atoms with Crippen molar-refractivity contribution in [2.75, 3.05) is 0 Å². The first-order valence-corrected chi connectivity index (χ1v) is 16.1. The van der Waals surface area contributed by atoms with E-state index in [1.54, 1.807) is 23.7 Å². The van der Waals surface area contributed by atoms with Gasteiger partial charge in [0.1, 0.15) is 0 Å². The molecule has 170 valence electrons. The van der Waals surface area contributed by atoms with Crippen LogP contribution in [0.1, 0.15) is 64.0 Å². The molecule has 2 aromatic rings. The van der Waals surface area contributed by atoms with E-state index in [-0.39, 0.29) is 0 Å². The Morgan fingerprint density at radius 1 is 1.00 bits per heavy atom. The molecule has 0 nitrogen and oxygen atoms in total. The number of rotatable bonds is 5. The topological polar surface area (TPSA) is 0 Å². The minimum atomic E-state index is -1.28. The third kappa shape index (κ3) is 3.75. The first kappa shape index (κ1) is 22.2. The Bertz CT molecular complexity index is 1020. The number of hydrogen-bond acceptors (Lipinski definition) is 0. The zero-order chi connectivity index (χ0) is 22.3. The molecule has 1 heteroatoms. The van der Waals surface area contributed by atoms with E-state index in [1.165, 1.54) is 54.0 Å². The van der Waals surface area contributed by atoms with E-state index in [4.69, 9.17) is 0 Å². The number of hydrogen-bond donors (Lipinski definition) is 0. The maximum Gasteiger partial charge on any atom is 0.0578 e. The van der Waals surface area contributed by atoms with Crippen molar-refractivity contribution in [2.24, 2.45) is 23.7 Å². The maximum atomic E-state index is 2.65. The normalized spacial score (nSPS) is 30.2. The summed E-state index contributed by atoms with van der Waals surface area (Å²) in [6.07, 6.45) is 14.8. The van der Waals surface area contributed by atoms with Crippen LogP contribution in [0.5, 0.6) is 0 Å². The monoisotopic (exact) mass is 442 g/mol. The quantitative estimate of drug-likeness (QED) is 0.404. The second-order valence-electron chi connectivity index (χ2n) is 11.5. The van der Waals surface area contributed by atoms with Crippen LogP contribution in [0.25, 0.3) is 16.3 Å². The van der Waals surface area contributed by atoms with Crippen LogP contribution in [0.2, 0.25) is 23.7 Å². The first-order chi connectivity index (χ1) is 15.5. The Labute approximate surface area is 197 Å². The molecule has 2 aliphatic carbocycles. The molecule has 2 fully saturated rings. The largest absolute Gasteiger partial charge is 0.0808 e. The molecule has 32 heavy (non-hydrogen) atoms. The molecule has 1 saturated heterocycles. The number of fused-ring (bicyclic) bond motifs is 2. The van der Waals surface area contributed by atoms with E-state index in [2.05, 4.69) is 82.3 Å². The van der Waals surface area contributed by atoms with Crippen LogP contribution in [0.15, 0.2) is 54.6 Å². The molecular formula is C31H42Si. The lowest BCUT2D eigenvalue weighted by atomic mass is 9.79. The Kier molecular flexibility index (Phi) is 6.23.